The third kappa shape index (κ3) is 3.29. The van der Waals surface area contributed by atoms with Crippen LogP contribution in [0.1, 0.15) is 43.8 Å². The van der Waals surface area contributed by atoms with Gasteiger partial charge in [-0.05, 0) is 31.4 Å². The zero-order valence-corrected chi connectivity index (χ0v) is 10.3. The van der Waals surface area contributed by atoms with Crippen molar-refractivity contribution < 1.29 is 0 Å². The van der Waals surface area contributed by atoms with E-state index in [1.54, 1.807) is 0 Å². The molecule has 0 aromatic carbocycles. The van der Waals surface area contributed by atoms with Crippen LogP contribution in [0.25, 0.3) is 0 Å². The Morgan fingerprint density at radius 2 is 2.27 bits per heavy atom. The van der Waals surface area contributed by atoms with Crippen LogP contribution < -0.4 is 5.32 Å². The summed E-state index contributed by atoms with van der Waals surface area (Å²) in [7, 11) is 0. The molecule has 0 saturated carbocycles. The number of hydrogen-bond acceptors (Lipinski definition) is 4. The maximum atomic E-state index is 4.13. The third-order valence-electron chi connectivity index (χ3n) is 2.17. The van der Waals surface area contributed by atoms with E-state index in [0.29, 0.717) is 0 Å². The van der Waals surface area contributed by atoms with E-state index in [9.17, 15) is 0 Å². The highest BCUT2D eigenvalue weighted by Gasteiger charge is 2.16. The number of aromatic nitrogens is 2. The lowest BCUT2D eigenvalue weighted by Crippen LogP contribution is -2.20. The summed E-state index contributed by atoms with van der Waals surface area (Å²) < 4.78 is 4.01. The SMILES string of the molecule is CC#CCC(NCC)c1snnc1CC. The molecule has 1 aromatic heterocycles. The summed E-state index contributed by atoms with van der Waals surface area (Å²) in [5.74, 6) is 6.04. The van der Waals surface area contributed by atoms with Crippen molar-refractivity contribution in [2.75, 3.05) is 6.54 Å². The first kappa shape index (κ1) is 12.2. The molecule has 0 aliphatic carbocycles. The molecule has 0 radical (unpaired) electrons. The van der Waals surface area contributed by atoms with Crippen LogP contribution in [-0.4, -0.2) is 16.1 Å². The van der Waals surface area contributed by atoms with E-state index in [0.717, 1.165) is 25.1 Å². The van der Waals surface area contributed by atoms with Crippen molar-refractivity contribution in [1.82, 2.24) is 14.9 Å². The molecule has 0 amide bonds. The minimum atomic E-state index is 0.289. The fourth-order valence-corrected chi connectivity index (χ4v) is 2.25. The molecule has 1 heterocycles. The molecule has 3 nitrogen and oxygen atoms in total. The molecule has 0 aliphatic heterocycles. The first-order valence-electron chi connectivity index (χ1n) is 5.27. The van der Waals surface area contributed by atoms with Crippen LogP contribution in [0, 0.1) is 11.8 Å². The van der Waals surface area contributed by atoms with Gasteiger partial charge < -0.3 is 5.32 Å². The van der Waals surface area contributed by atoms with Crippen molar-refractivity contribution in [3.8, 4) is 11.8 Å². The van der Waals surface area contributed by atoms with Gasteiger partial charge in [0, 0.05) is 6.42 Å². The normalized spacial score (nSPS) is 11.9. The monoisotopic (exact) mass is 223 g/mol. The molecule has 0 spiro atoms. The Bertz CT molecular complexity index is 348. The molecule has 1 N–H and O–H groups in total. The molecule has 0 bridgehead atoms. The van der Waals surface area contributed by atoms with Gasteiger partial charge in [0.2, 0.25) is 0 Å². The Morgan fingerprint density at radius 3 is 2.87 bits per heavy atom. The maximum Gasteiger partial charge on any atom is 0.0801 e. The first-order chi connectivity index (χ1) is 7.33. The van der Waals surface area contributed by atoms with Crippen molar-refractivity contribution in [3.63, 3.8) is 0 Å². The second-order valence-corrected chi connectivity index (χ2v) is 3.96. The maximum absolute atomic E-state index is 4.13. The van der Waals surface area contributed by atoms with Gasteiger partial charge in [-0.1, -0.05) is 18.3 Å². The third-order valence-corrected chi connectivity index (χ3v) is 3.05. The second kappa shape index (κ2) is 6.54. The lowest BCUT2D eigenvalue weighted by atomic mass is 10.1. The van der Waals surface area contributed by atoms with Crippen LogP contribution in [0.5, 0.6) is 0 Å². The molecular weight excluding hydrogens is 206 g/mol. The number of rotatable bonds is 5. The summed E-state index contributed by atoms with van der Waals surface area (Å²) in [4.78, 5) is 1.24. The molecule has 1 aromatic rings. The van der Waals surface area contributed by atoms with Crippen LogP contribution in [0.3, 0.4) is 0 Å². The van der Waals surface area contributed by atoms with Gasteiger partial charge in [-0.3, -0.25) is 0 Å². The van der Waals surface area contributed by atoms with E-state index >= 15 is 0 Å². The quantitative estimate of drug-likeness (QED) is 0.777. The lowest BCUT2D eigenvalue weighted by molar-refractivity contribution is 0.568. The van der Waals surface area contributed by atoms with Crippen LogP contribution in [0.4, 0.5) is 0 Å². The van der Waals surface area contributed by atoms with Gasteiger partial charge in [-0.25, -0.2) is 0 Å². The van der Waals surface area contributed by atoms with E-state index < -0.39 is 0 Å². The van der Waals surface area contributed by atoms with Gasteiger partial charge in [0.05, 0.1) is 16.6 Å². The Kier molecular flexibility index (Phi) is 5.30. The van der Waals surface area contributed by atoms with Crippen LogP contribution >= 0.6 is 11.5 Å². The molecule has 1 rings (SSSR count). The van der Waals surface area contributed by atoms with Gasteiger partial charge in [0.15, 0.2) is 0 Å². The van der Waals surface area contributed by atoms with Crippen LogP contribution in [0.15, 0.2) is 0 Å². The average Bonchev–Trinajstić information content (AvgIpc) is 2.72. The molecule has 0 fully saturated rings. The highest BCUT2D eigenvalue weighted by atomic mass is 32.1. The Labute approximate surface area is 95.5 Å². The molecule has 82 valence electrons. The van der Waals surface area contributed by atoms with Crippen molar-refractivity contribution in [2.24, 2.45) is 0 Å². The summed E-state index contributed by atoms with van der Waals surface area (Å²) >= 11 is 1.48. The van der Waals surface area contributed by atoms with Crippen molar-refractivity contribution in [2.45, 2.75) is 39.7 Å². The molecule has 4 heteroatoms. The average molecular weight is 223 g/mol. The summed E-state index contributed by atoms with van der Waals surface area (Å²) in [6, 6.07) is 0.289. The number of nitrogens with zero attached hydrogens (tertiary/aromatic N) is 2. The molecule has 0 saturated heterocycles. The van der Waals surface area contributed by atoms with E-state index in [4.69, 9.17) is 0 Å². The molecule has 1 atom stereocenters. The summed E-state index contributed by atoms with van der Waals surface area (Å²) in [5, 5.41) is 7.55. The minimum absolute atomic E-state index is 0.289. The van der Waals surface area contributed by atoms with Crippen LogP contribution in [0.2, 0.25) is 0 Å². The summed E-state index contributed by atoms with van der Waals surface area (Å²) in [6.45, 7) is 7.02. The Balaban J connectivity index is 2.80. The highest BCUT2D eigenvalue weighted by molar-refractivity contribution is 7.05. The predicted octanol–water partition coefficient (Wildman–Crippen LogP) is 2.16. The first-order valence-corrected chi connectivity index (χ1v) is 6.04. The topological polar surface area (TPSA) is 37.8 Å². The predicted molar refractivity (Wildman–Crippen MR) is 63.8 cm³/mol. The van der Waals surface area contributed by atoms with Crippen molar-refractivity contribution in [3.05, 3.63) is 10.6 Å². The van der Waals surface area contributed by atoms with Gasteiger partial charge in [-0.15, -0.1) is 16.9 Å². The fourth-order valence-electron chi connectivity index (χ4n) is 1.43. The van der Waals surface area contributed by atoms with Crippen LogP contribution in [-0.2, 0) is 6.42 Å². The van der Waals surface area contributed by atoms with Gasteiger partial charge in [0.25, 0.3) is 0 Å². The minimum Gasteiger partial charge on any atom is -0.309 e. The standard InChI is InChI=1S/C11H17N3S/c1-4-7-8-10(12-6-3)11-9(5-2)13-14-15-11/h10,12H,5-6,8H2,1-3H3. The number of aryl methyl sites for hydroxylation is 1. The zero-order valence-electron chi connectivity index (χ0n) is 9.50. The lowest BCUT2D eigenvalue weighted by Gasteiger charge is -2.13. The van der Waals surface area contributed by atoms with Gasteiger partial charge in [-0.2, -0.15) is 0 Å². The molecule has 15 heavy (non-hydrogen) atoms. The molecule has 0 aliphatic rings. The Morgan fingerprint density at radius 1 is 1.47 bits per heavy atom. The number of nitrogens with one attached hydrogen (secondary N) is 1. The van der Waals surface area contributed by atoms with E-state index in [1.165, 1.54) is 16.4 Å². The Hall–Kier alpha value is -0.920. The highest BCUT2D eigenvalue weighted by Crippen LogP contribution is 2.23. The summed E-state index contributed by atoms with van der Waals surface area (Å²) in [6.07, 6.45) is 1.77. The van der Waals surface area contributed by atoms with Crippen molar-refractivity contribution >= 4 is 11.5 Å². The second-order valence-electron chi connectivity index (χ2n) is 3.18. The van der Waals surface area contributed by atoms with Crippen molar-refractivity contribution in [1.29, 1.82) is 0 Å². The van der Waals surface area contributed by atoms with E-state index in [-0.39, 0.29) is 6.04 Å². The van der Waals surface area contributed by atoms with Gasteiger partial charge >= 0.3 is 0 Å². The van der Waals surface area contributed by atoms with E-state index in [1.807, 2.05) is 6.92 Å². The number of hydrogen-bond donors (Lipinski definition) is 1. The largest absolute Gasteiger partial charge is 0.309 e. The molecular formula is C11H17N3S. The molecule has 1 unspecified atom stereocenters. The smallest absolute Gasteiger partial charge is 0.0801 e. The summed E-state index contributed by atoms with van der Waals surface area (Å²) in [5.41, 5.74) is 1.10. The fraction of sp³-hybridized carbons (Fsp3) is 0.636. The van der Waals surface area contributed by atoms with Gasteiger partial charge in [0.1, 0.15) is 0 Å². The van der Waals surface area contributed by atoms with E-state index in [2.05, 4.69) is 40.6 Å². The zero-order chi connectivity index (χ0) is 11.1.